The number of hydrogen-bond donors (Lipinski definition) is 0. The summed E-state index contributed by atoms with van der Waals surface area (Å²) in [7, 11) is 0. The molecular formula is C23H26. The van der Waals surface area contributed by atoms with Gasteiger partial charge in [-0.15, -0.1) is 0 Å². The van der Waals surface area contributed by atoms with Crippen LogP contribution in [-0.4, -0.2) is 0 Å². The maximum Gasteiger partial charge on any atom is 0.0248 e. The van der Waals surface area contributed by atoms with Crippen molar-refractivity contribution in [3.05, 3.63) is 76.9 Å². The lowest BCUT2D eigenvalue weighted by atomic mass is 9.93. The minimum atomic E-state index is 1.04. The quantitative estimate of drug-likeness (QED) is 0.560. The molecule has 0 heterocycles. The lowest BCUT2D eigenvalue weighted by molar-refractivity contribution is 0.910. The third kappa shape index (κ3) is 5.15. The molecule has 0 amide bonds. The zero-order chi connectivity index (χ0) is 16.5. The maximum atomic E-state index is 3.46. The van der Waals surface area contributed by atoms with Gasteiger partial charge in [0, 0.05) is 11.1 Å². The van der Waals surface area contributed by atoms with Crippen LogP contribution in [-0.2, 0) is 0 Å². The van der Waals surface area contributed by atoms with Crippen LogP contribution >= 0.6 is 0 Å². The van der Waals surface area contributed by atoms with Crippen molar-refractivity contribution in [2.45, 2.75) is 46.5 Å². The molecule has 0 atom stereocenters. The summed E-state index contributed by atoms with van der Waals surface area (Å²) in [6.07, 6.45) is 4.40. The van der Waals surface area contributed by atoms with E-state index >= 15 is 0 Å². The fraction of sp³-hybridized carbons (Fsp3) is 0.304. The van der Waals surface area contributed by atoms with Crippen molar-refractivity contribution in [1.82, 2.24) is 0 Å². The summed E-state index contributed by atoms with van der Waals surface area (Å²) in [4.78, 5) is 0. The van der Waals surface area contributed by atoms with E-state index < -0.39 is 0 Å². The predicted octanol–water partition coefficient (Wildman–Crippen LogP) is 6.40. The Bertz CT molecular complexity index is 691. The molecule has 0 aliphatic rings. The standard InChI is InChI=1S/C23H26/c1-4-9-21(18-15-20-11-7-6-8-12-20)23(10-5-2)22-16-13-19(3)14-17-22/h6-8,11-14,16-17H,4-5,9-10H2,1-3H3/b23-21-. The zero-order valence-electron chi connectivity index (χ0n) is 14.5. The summed E-state index contributed by atoms with van der Waals surface area (Å²) < 4.78 is 0. The van der Waals surface area contributed by atoms with Crippen molar-refractivity contribution in [2.75, 3.05) is 0 Å². The van der Waals surface area contributed by atoms with E-state index in [9.17, 15) is 0 Å². The van der Waals surface area contributed by atoms with Crippen molar-refractivity contribution in [3.63, 3.8) is 0 Å². The SMILES string of the molecule is CCC/C(C#Cc1ccccc1)=C(\CCC)c1ccc(C)cc1. The first-order valence-electron chi connectivity index (χ1n) is 8.60. The normalized spacial score (nSPS) is 11.4. The molecular weight excluding hydrogens is 276 g/mol. The summed E-state index contributed by atoms with van der Waals surface area (Å²) in [5.41, 5.74) is 6.42. The molecule has 0 nitrogen and oxygen atoms in total. The first-order chi connectivity index (χ1) is 11.2. The van der Waals surface area contributed by atoms with Crippen molar-refractivity contribution in [2.24, 2.45) is 0 Å². The average molecular weight is 302 g/mol. The molecule has 2 aromatic rings. The van der Waals surface area contributed by atoms with E-state index in [0.717, 1.165) is 31.2 Å². The van der Waals surface area contributed by atoms with Crippen LogP contribution in [0.25, 0.3) is 5.57 Å². The lowest BCUT2D eigenvalue weighted by Crippen LogP contribution is -1.92. The molecule has 2 rings (SSSR count). The van der Waals surface area contributed by atoms with Gasteiger partial charge < -0.3 is 0 Å². The van der Waals surface area contributed by atoms with Gasteiger partial charge in [-0.2, -0.15) is 0 Å². The molecule has 0 bridgehead atoms. The summed E-state index contributed by atoms with van der Waals surface area (Å²) >= 11 is 0. The molecule has 0 aliphatic heterocycles. The molecule has 0 spiro atoms. The summed E-state index contributed by atoms with van der Waals surface area (Å²) in [5.74, 6) is 6.81. The molecule has 23 heavy (non-hydrogen) atoms. The Balaban J connectivity index is 2.45. The Kier molecular flexibility index (Phi) is 6.70. The van der Waals surface area contributed by atoms with Crippen molar-refractivity contribution >= 4 is 5.57 Å². The third-order valence-corrected chi connectivity index (χ3v) is 3.90. The van der Waals surface area contributed by atoms with Crippen molar-refractivity contribution in [3.8, 4) is 11.8 Å². The molecule has 0 unspecified atom stereocenters. The fourth-order valence-corrected chi connectivity index (χ4v) is 2.68. The highest BCUT2D eigenvalue weighted by molar-refractivity contribution is 5.73. The molecule has 0 N–H and O–H groups in total. The van der Waals surface area contributed by atoms with E-state index in [1.807, 2.05) is 18.2 Å². The van der Waals surface area contributed by atoms with E-state index in [1.54, 1.807) is 0 Å². The third-order valence-electron chi connectivity index (χ3n) is 3.90. The molecule has 0 fully saturated rings. The summed E-state index contributed by atoms with van der Waals surface area (Å²) in [6.45, 7) is 6.60. The smallest absolute Gasteiger partial charge is 0.0248 e. The molecule has 0 saturated carbocycles. The van der Waals surface area contributed by atoms with Crippen LogP contribution in [0.1, 0.15) is 56.2 Å². The number of benzene rings is 2. The fourth-order valence-electron chi connectivity index (χ4n) is 2.68. The van der Waals surface area contributed by atoms with Crippen molar-refractivity contribution in [1.29, 1.82) is 0 Å². The maximum absolute atomic E-state index is 3.46. The molecule has 0 radical (unpaired) electrons. The van der Waals surface area contributed by atoms with E-state index in [1.165, 1.54) is 22.3 Å². The van der Waals surface area contributed by atoms with Crippen LogP contribution in [0.3, 0.4) is 0 Å². The Morgan fingerprint density at radius 3 is 2.09 bits per heavy atom. The molecule has 2 aromatic carbocycles. The van der Waals surface area contributed by atoms with E-state index in [2.05, 4.69) is 69.0 Å². The van der Waals surface area contributed by atoms with Gasteiger partial charge in [-0.3, -0.25) is 0 Å². The number of rotatable bonds is 5. The van der Waals surface area contributed by atoms with Gasteiger partial charge in [0.2, 0.25) is 0 Å². The van der Waals surface area contributed by atoms with Gasteiger partial charge >= 0.3 is 0 Å². The second-order valence-electron chi connectivity index (χ2n) is 5.94. The monoisotopic (exact) mass is 302 g/mol. The predicted molar refractivity (Wildman–Crippen MR) is 101 cm³/mol. The Hall–Kier alpha value is -2.26. The molecule has 0 aliphatic carbocycles. The Labute approximate surface area is 141 Å². The lowest BCUT2D eigenvalue weighted by Gasteiger charge is -2.11. The van der Waals surface area contributed by atoms with Crippen LogP contribution < -0.4 is 0 Å². The summed E-state index contributed by atoms with van der Waals surface area (Å²) in [5, 5.41) is 0. The summed E-state index contributed by atoms with van der Waals surface area (Å²) in [6, 6.07) is 19.1. The Morgan fingerprint density at radius 1 is 0.826 bits per heavy atom. The van der Waals surface area contributed by atoms with Gasteiger partial charge in [0.25, 0.3) is 0 Å². The zero-order valence-corrected chi connectivity index (χ0v) is 14.5. The highest BCUT2D eigenvalue weighted by Gasteiger charge is 2.07. The minimum Gasteiger partial charge on any atom is -0.0658 e. The average Bonchev–Trinajstić information content (AvgIpc) is 2.59. The van der Waals surface area contributed by atoms with Gasteiger partial charge in [-0.1, -0.05) is 86.6 Å². The van der Waals surface area contributed by atoms with Crippen LogP contribution in [0.5, 0.6) is 0 Å². The van der Waals surface area contributed by atoms with Gasteiger partial charge in [-0.25, -0.2) is 0 Å². The van der Waals surface area contributed by atoms with E-state index in [0.29, 0.717) is 0 Å². The minimum absolute atomic E-state index is 1.04. The Morgan fingerprint density at radius 2 is 1.48 bits per heavy atom. The molecule has 0 heteroatoms. The first-order valence-corrected chi connectivity index (χ1v) is 8.60. The molecule has 0 aromatic heterocycles. The van der Waals surface area contributed by atoms with E-state index in [4.69, 9.17) is 0 Å². The highest BCUT2D eigenvalue weighted by Crippen LogP contribution is 2.26. The number of aryl methyl sites for hydroxylation is 1. The van der Waals surface area contributed by atoms with E-state index in [-0.39, 0.29) is 0 Å². The highest BCUT2D eigenvalue weighted by atomic mass is 14.1. The molecule has 0 saturated heterocycles. The number of allylic oxidation sites excluding steroid dienone is 2. The number of hydrogen-bond acceptors (Lipinski definition) is 0. The van der Waals surface area contributed by atoms with Gasteiger partial charge in [0.05, 0.1) is 0 Å². The topological polar surface area (TPSA) is 0 Å². The van der Waals surface area contributed by atoms with Crippen LogP contribution in [0.4, 0.5) is 0 Å². The largest absolute Gasteiger partial charge is 0.0658 e. The van der Waals surface area contributed by atoms with Gasteiger partial charge in [-0.05, 0) is 43.0 Å². The second kappa shape index (κ2) is 9.01. The van der Waals surface area contributed by atoms with Crippen LogP contribution in [0.15, 0.2) is 60.2 Å². The van der Waals surface area contributed by atoms with Gasteiger partial charge in [0.1, 0.15) is 0 Å². The van der Waals surface area contributed by atoms with Gasteiger partial charge in [0.15, 0.2) is 0 Å². The van der Waals surface area contributed by atoms with Crippen LogP contribution in [0.2, 0.25) is 0 Å². The molecule has 118 valence electrons. The van der Waals surface area contributed by atoms with Crippen molar-refractivity contribution < 1.29 is 0 Å². The second-order valence-corrected chi connectivity index (χ2v) is 5.94. The first kappa shape index (κ1) is 17.1. The van der Waals surface area contributed by atoms with Crippen LogP contribution in [0, 0.1) is 18.8 Å².